The van der Waals surface area contributed by atoms with Gasteiger partial charge < -0.3 is 5.32 Å². The van der Waals surface area contributed by atoms with Gasteiger partial charge in [-0.15, -0.1) is 0 Å². The van der Waals surface area contributed by atoms with Crippen molar-refractivity contribution in [1.29, 1.82) is 0 Å². The van der Waals surface area contributed by atoms with Crippen molar-refractivity contribution in [3.05, 3.63) is 65.5 Å². The third kappa shape index (κ3) is 3.35. The van der Waals surface area contributed by atoms with E-state index in [0.717, 1.165) is 50.5 Å². The zero-order chi connectivity index (χ0) is 21.4. The van der Waals surface area contributed by atoms with E-state index in [1.807, 2.05) is 18.2 Å². The van der Waals surface area contributed by atoms with Crippen LogP contribution >= 0.6 is 0 Å². The normalized spacial score (nSPS) is 23.1. The summed E-state index contributed by atoms with van der Waals surface area (Å²) in [5, 5.41) is 3.29. The maximum Gasteiger partial charge on any atom is 0.259 e. The Morgan fingerprint density at radius 1 is 0.935 bits per heavy atom. The van der Waals surface area contributed by atoms with Crippen molar-refractivity contribution in [3.8, 4) is 0 Å². The summed E-state index contributed by atoms with van der Waals surface area (Å²) in [7, 11) is 0. The van der Waals surface area contributed by atoms with Crippen LogP contribution in [0.2, 0.25) is 0 Å². The van der Waals surface area contributed by atoms with Gasteiger partial charge in [0.15, 0.2) is 0 Å². The molecule has 4 nitrogen and oxygen atoms in total. The molecule has 0 radical (unpaired) electrons. The van der Waals surface area contributed by atoms with Crippen molar-refractivity contribution >= 4 is 17.5 Å². The molecule has 5 rings (SSSR count). The third-order valence-electron chi connectivity index (χ3n) is 7.46. The van der Waals surface area contributed by atoms with E-state index in [4.69, 9.17) is 0 Å². The highest BCUT2D eigenvalue weighted by Crippen LogP contribution is 2.51. The minimum atomic E-state index is -0.742. The number of nitrogens with zero attached hydrogens (tertiary/aromatic N) is 1. The second kappa shape index (κ2) is 8.10. The Hall–Kier alpha value is -2.69. The fourth-order valence-electron chi connectivity index (χ4n) is 6.08. The fraction of sp³-hybridized carbons (Fsp3) is 0.462. The van der Waals surface area contributed by atoms with Gasteiger partial charge in [-0.3, -0.25) is 14.5 Å². The molecule has 3 aliphatic rings. The predicted octanol–water partition coefficient (Wildman–Crippen LogP) is 5.33. The number of hydrogen-bond donors (Lipinski definition) is 1. The average Bonchev–Trinajstić information content (AvgIpc) is 3.29. The molecular weight excluding hydrogens is 391 g/mol. The average molecular weight is 421 g/mol. The smallest absolute Gasteiger partial charge is 0.259 e. The first kappa shape index (κ1) is 20.2. The van der Waals surface area contributed by atoms with Crippen LogP contribution in [-0.4, -0.2) is 23.4 Å². The molecule has 5 heteroatoms. The number of benzene rings is 2. The number of carbonyl (C=O) groups excluding carboxylic acids is 2. The first-order valence-corrected chi connectivity index (χ1v) is 11.6. The Morgan fingerprint density at radius 2 is 1.61 bits per heavy atom. The fourth-order valence-corrected chi connectivity index (χ4v) is 6.08. The van der Waals surface area contributed by atoms with Crippen LogP contribution in [0.4, 0.5) is 10.1 Å². The number of halogens is 1. The summed E-state index contributed by atoms with van der Waals surface area (Å²) in [6.07, 6.45) is 8.59. The summed E-state index contributed by atoms with van der Waals surface area (Å²) in [5.41, 5.74) is 0.836. The van der Waals surface area contributed by atoms with Crippen LogP contribution in [0, 0.1) is 5.82 Å². The second-order valence-corrected chi connectivity index (χ2v) is 9.27. The monoisotopic (exact) mass is 420 g/mol. The van der Waals surface area contributed by atoms with Gasteiger partial charge in [0.1, 0.15) is 5.82 Å². The molecule has 162 valence electrons. The van der Waals surface area contributed by atoms with E-state index in [1.54, 1.807) is 29.2 Å². The molecule has 0 saturated heterocycles. The number of nitrogens with one attached hydrogen (secondary N) is 1. The van der Waals surface area contributed by atoms with Crippen molar-refractivity contribution < 1.29 is 14.0 Å². The van der Waals surface area contributed by atoms with Crippen molar-refractivity contribution in [2.75, 3.05) is 4.90 Å². The van der Waals surface area contributed by atoms with E-state index in [1.165, 1.54) is 6.07 Å². The molecule has 1 unspecified atom stereocenters. The Labute approximate surface area is 182 Å². The van der Waals surface area contributed by atoms with E-state index in [9.17, 15) is 9.59 Å². The number of carbonyl (C=O) groups is 2. The van der Waals surface area contributed by atoms with Gasteiger partial charge in [0.05, 0.1) is 17.1 Å². The second-order valence-electron chi connectivity index (χ2n) is 9.27. The SMILES string of the molecule is O=C(NC1CCCC1)C1c2ccccc2C(=O)N(c2ccccc2F)C12CCCCC2. The summed E-state index contributed by atoms with van der Waals surface area (Å²) in [6, 6.07) is 14.1. The number of para-hydroxylation sites is 1. The molecule has 31 heavy (non-hydrogen) atoms. The van der Waals surface area contributed by atoms with Crippen LogP contribution in [0.1, 0.15) is 79.6 Å². The van der Waals surface area contributed by atoms with Crippen LogP contribution in [-0.2, 0) is 4.79 Å². The Morgan fingerprint density at radius 3 is 2.35 bits per heavy atom. The molecule has 2 aromatic carbocycles. The van der Waals surface area contributed by atoms with Crippen molar-refractivity contribution in [2.45, 2.75) is 75.3 Å². The van der Waals surface area contributed by atoms with Crippen molar-refractivity contribution in [1.82, 2.24) is 5.32 Å². The van der Waals surface area contributed by atoms with Crippen LogP contribution in [0.25, 0.3) is 0 Å². The molecule has 1 spiro atoms. The number of anilines is 1. The zero-order valence-electron chi connectivity index (χ0n) is 17.8. The highest BCUT2D eigenvalue weighted by atomic mass is 19.1. The van der Waals surface area contributed by atoms with Crippen LogP contribution in [0.15, 0.2) is 48.5 Å². The zero-order valence-corrected chi connectivity index (χ0v) is 17.8. The lowest BCUT2D eigenvalue weighted by Crippen LogP contribution is -2.63. The summed E-state index contributed by atoms with van der Waals surface area (Å²) in [5.74, 6) is -1.14. The Kier molecular flexibility index (Phi) is 5.28. The summed E-state index contributed by atoms with van der Waals surface area (Å²) in [4.78, 5) is 29.2. The minimum Gasteiger partial charge on any atom is -0.353 e. The van der Waals surface area contributed by atoms with Gasteiger partial charge in [-0.2, -0.15) is 0 Å². The van der Waals surface area contributed by atoms with Gasteiger partial charge in [0.2, 0.25) is 5.91 Å². The lowest BCUT2D eigenvalue weighted by molar-refractivity contribution is -0.125. The molecule has 2 saturated carbocycles. The van der Waals surface area contributed by atoms with Gasteiger partial charge in [-0.1, -0.05) is 62.4 Å². The summed E-state index contributed by atoms with van der Waals surface area (Å²) in [6.45, 7) is 0. The molecule has 2 aromatic rings. The molecule has 0 aromatic heterocycles. The highest BCUT2D eigenvalue weighted by molar-refractivity contribution is 6.12. The molecular formula is C26H29FN2O2. The predicted molar refractivity (Wildman–Crippen MR) is 119 cm³/mol. The van der Waals surface area contributed by atoms with E-state index < -0.39 is 17.3 Å². The topological polar surface area (TPSA) is 49.4 Å². The van der Waals surface area contributed by atoms with Gasteiger partial charge >= 0.3 is 0 Å². The Balaban J connectivity index is 1.68. The maximum absolute atomic E-state index is 15.0. The number of rotatable bonds is 3. The van der Waals surface area contributed by atoms with E-state index in [0.29, 0.717) is 18.4 Å². The quantitative estimate of drug-likeness (QED) is 0.729. The van der Waals surface area contributed by atoms with E-state index >= 15 is 4.39 Å². The van der Waals surface area contributed by atoms with Crippen LogP contribution in [0.3, 0.4) is 0 Å². The number of hydrogen-bond acceptors (Lipinski definition) is 2. The molecule has 0 bridgehead atoms. The first-order chi connectivity index (χ1) is 15.1. The molecule has 2 amide bonds. The molecule has 1 aliphatic heterocycles. The molecule has 1 atom stereocenters. The standard InChI is InChI=1S/C26H29FN2O2/c27-21-14-6-7-15-22(21)29-25(31)20-13-5-4-12-19(20)23(26(29)16-8-1-9-17-26)24(30)28-18-10-2-3-11-18/h4-7,12-15,18,23H,1-3,8-11,16-17H2,(H,28,30). The van der Waals surface area contributed by atoms with Gasteiger partial charge in [0, 0.05) is 11.6 Å². The summed E-state index contributed by atoms with van der Waals surface area (Å²) < 4.78 is 15.0. The highest BCUT2D eigenvalue weighted by Gasteiger charge is 2.55. The molecule has 1 N–H and O–H groups in total. The largest absolute Gasteiger partial charge is 0.353 e. The third-order valence-corrected chi connectivity index (χ3v) is 7.46. The van der Waals surface area contributed by atoms with Gasteiger partial charge in [0.25, 0.3) is 5.91 Å². The van der Waals surface area contributed by atoms with Gasteiger partial charge in [-0.05, 0) is 49.4 Å². The molecule has 2 fully saturated rings. The van der Waals surface area contributed by atoms with Crippen molar-refractivity contribution in [2.24, 2.45) is 0 Å². The van der Waals surface area contributed by atoms with Crippen LogP contribution < -0.4 is 10.2 Å². The van der Waals surface area contributed by atoms with Crippen molar-refractivity contribution in [3.63, 3.8) is 0 Å². The first-order valence-electron chi connectivity index (χ1n) is 11.6. The van der Waals surface area contributed by atoms with Gasteiger partial charge in [-0.25, -0.2) is 4.39 Å². The van der Waals surface area contributed by atoms with Crippen LogP contribution in [0.5, 0.6) is 0 Å². The molecule has 1 heterocycles. The maximum atomic E-state index is 15.0. The number of fused-ring (bicyclic) bond motifs is 1. The van der Waals surface area contributed by atoms with E-state index in [2.05, 4.69) is 5.32 Å². The van der Waals surface area contributed by atoms with E-state index in [-0.39, 0.29) is 23.5 Å². The Bertz CT molecular complexity index is 992. The summed E-state index contributed by atoms with van der Waals surface area (Å²) >= 11 is 0. The minimum absolute atomic E-state index is 0.0184. The lowest BCUT2D eigenvalue weighted by atomic mass is 9.65. The molecule has 2 aliphatic carbocycles. The lowest BCUT2D eigenvalue weighted by Gasteiger charge is -2.53. The number of amides is 2.